The molecular weight excluding hydrogens is 344 g/mol. The van der Waals surface area contributed by atoms with Crippen molar-refractivity contribution in [3.8, 4) is 5.69 Å². The van der Waals surface area contributed by atoms with Gasteiger partial charge in [0.1, 0.15) is 0 Å². The van der Waals surface area contributed by atoms with Gasteiger partial charge in [0.05, 0.1) is 18.1 Å². The highest BCUT2D eigenvalue weighted by Gasteiger charge is 2.36. The summed E-state index contributed by atoms with van der Waals surface area (Å²) < 4.78 is 1.80. The van der Waals surface area contributed by atoms with Gasteiger partial charge >= 0.3 is 0 Å². The zero-order valence-corrected chi connectivity index (χ0v) is 17.3. The Morgan fingerprint density at radius 1 is 0.964 bits per heavy atom. The van der Waals surface area contributed by atoms with Crippen LogP contribution in [0, 0.1) is 5.92 Å². The number of hydrogen-bond donors (Lipinski definition) is 0. The molecule has 0 N–H and O–H groups in total. The molecule has 2 aromatic carbocycles. The lowest BCUT2D eigenvalue weighted by molar-refractivity contribution is 0.346. The van der Waals surface area contributed by atoms with Gasteiger partial charge in [0.15, 0.2) is 0 Å². The first-order valence-electron chi connectivity index (χ1n) is 10.3. The fraction of sp³-hybridized carbons (Fsp3) is 0.417. The number of nitrogens with zero attached hydrogens (tertiary/aromatic N) is 4. The molecule has 0 amide bonds. The third-order valence-corrected chi connectivity index (χ3v) is 6.43. The molecule has 3 aromatic rings. The molecule has 1 aliphatic heterocycles. The molecule has 0 aliphatic carbocycles. The van der Waals surface area contributed by atoms with E-state index in [-0.39, 0.29) is 5.41 Å². The molecule has 0 radical (unpaired) electrons. The second kappa shape index (κ2) is 7.42. The van der Waals surface area contributed by atoms with Crippen LogP contribution in [-0.2, 0) is 5.41 Å². The first-order valence-corrected chi connectivity index (χ1v) is 10.3. The van der Waals surface area contributed by atoms with Crippen molar-refractivity contribution in [2.24, 2.45) is 5.92 Å². The van der Waals surface area contributed by atoms with Crippen molar-refractivity contribution in [2.45, 2.75) is 45.4 Å². The van der Waals surface area contributed by atoms with Crippen molar-refractivity contribution >= 4 is 5.69 Å². The van der Waals surface area contributed by atoms with Gasteiger partial charge in [-0.25, -0.2) is 4.68 Å². The molecule has 1 aromatic heterocycles. The van der Waals surface area contributed by atoms with Gasteiger partial charge in [0, 0.05) is 18.8 Å². The summed E-state index contributed by atoms with van der Waals surface area (Å²) in [6.07, 6.45) is 4.81. The van der Waals surface area contributed by atoms with Crippen molar-refractivity contribution in [1.29, 1.82) is 0 Å². The topological polar surface area (TPSA) is 34.0 Å². The van der Waals surface area contributed by atoms with Crippen molar-refractivity contribution in [3.05, 3.63) is 72.1 Å². The molecule has 2 heterocycles. The van der Waals surface area contributed by atoms with Gasteiger partial charge in [0.25, 0.3) is 0 Å². The summed E-state index contributed by atoms with van der Waals surface area (Å²) in [6, 6.07) is 17.9. The van der Waals surface area contributed by atoms with Crippen molar-refractivity contribution in [3.63, 3.8) is 0 Å². The predicted octanol–water partition coefficient (Wildman–Crippen LogP) is 5.19. The minimum absolute atomic E-state index is 0.132. The summed E-state index contributed by atoms with van der Waals surface area (Å²) in [6.45, 7) is 11.5. The molecular formula is C24H30N4. The Morgan fingerprint density at radius 2 is 1.64 bits per heavy atom. The van der Waals surface area contributed by atoms with E-state index in [2.05, 4.69) is 91.4 Å². The molecule has 1 atom stereocenters. The lowest BCUT2D eigenvalue weighted by atomic mass is 9.73. The van der Waals surface area contributed by atoms with Crippen LogP contribution in [0.2, 0.25) is 0 Å². The number of aromatic nitrogens is 3. The van der Waals surface area contributed by atoms with E-state index in [1.807, 2.05) is 6.20 Å². The first-order chi connectivity index (χ1) is 13.4. The van der Waals surface area contributed by atoms with E-state index in [4.69, 9.17) is 0 Å². The number of hydrogen-bond acceptors (Lipinski definition) is 3. The molecule has 0 bridgehead atoms. The standard InChI is InChI=1S/C24H30N4/c1-18(2)19-5-9-22(10-6-19)27-15-13-21(17-27)24(3,4)20-7-11-23(12-8-20)28-16-14-25-26-28/h5-12,14,16,18,21H,13,15,17H2,1-4H3. The van der Waals surface area contributed by atoms with E-state index in [0.717, 1.165) is 18.8 Å². The lowest BCUT2D eigenvalue weighted by Crippen LogP contribution is -2.31. The molecule has 1 fully saturated rings. The van der Waals surface area contributed by atoms with Gasteiger partial charge in [0.2, 0.25) is 0 Å². The summed E-state index contributed by atoms with van der Waals surface area (Å²) in [5.41, 5.74) is 5.33. The van der Waals surface area contributed by atoms with Gasteiger partial charge in [-0.2, -0.15) is 0 Å². The number of benzene rings is 2. The molecule has 4 rings (SSSR count). The van der Waals surface area contributed by atoms with Crippen LogP contribution in [0.1, 0.15) is 51.2 Å². The summed E-state index contributed by atoms with van der Waals surface area (Å²) in [7, 11) is 0. The SMILES string of the molecule is CC(C)c1ccc(N2CCC(C(C)(C)c3ccc(-n4ccnn4)cc3)C2)cc1. The Kier molecular flexibility index (Phi) is 4.96. The van der Waals surface area contributed by atoms with Gasteiger partial charge in [-0.1, -0.05) is 57.2 Å². The Balaban J connectivity index is 1.47. The fourth-order valence-electron chi connectivity index (χ4n) is 4.28. The van der Waals surface area contributed by atoms with Crippen LogP contribution < -0.4 is 4.90 Å². The van der Waals surface area contributed by atoms with Crippen LogP contribution in [0.15, 0.2) is 60.9 Å². The minimum atomic E-state index is 0.132. The Bertz CT molecular complexity index is 893. The first kappa shape index (κ1) is 18.7. The molecule has 28 heavy (non-hydrogen) atoms. The van der Waals surface area contributed by atoms with Crippen LogP contribution in [0.5, 0.6) is 0 Å². The van der Waals surface area contributed by atoms with E-state index < -0.39 is 0 Å². The van der Waals surface area contributed by atoms with Crippen LogP contribution >= 0.6 is 0 Å². The molecule has 146 valence electrons. The number of rotatable bonds is 5. The van der Waals surface area contributed by atoms with E-state index in [0.29, 0.717) is 11.8 Å². The molecule has 1 aliphatic rings. The van der Waals surface area contributed by atoms with Gasteiger partial charge in [-0.15, -0.1) is 5.10 Å². The van der Waals surface area contributed by atoms with Crippen molar-refractivity contribution < 1.29 is 0 Å². The Morgan fingerprint density at radius 3 is 2.25 bits per heavy atom. The molecule has 4 nitrogen and oxygen atoms in total. The fourth-order valence-corrected chi connectivity index (χ4v) is 4.28. The van der Waals surface area contributed by atoms with Crippen LogP contribution in [0.4, 0.5) is 5.69 Å². The van der Waals surface area contributed by atoms with Gasteiger partial charge in [-0.3, -0.25) is 0 Å². The average Bonchev–Trinajstić information content (AvgIpc) is 3.41. The molecule has 1 saturated heterocycles. The molecule has 1 unspecified atom stereocenters. The monoisotopic (exact) mass is 374 g/mol. The average molecular weight is 375 g/mol. The number of anilines is 1. The van der Waals surface area contributed by atoms with Crippen molar-refractivity contribution in [2.75, 3.05) is 18.0 Å². The summed E-state index contributed by atoms with van der Waals surface area (Å²) >= 11 is 0. The largest absolute Gasteiger partial charge is 0.371 e. The molecule has 0 spiro atoms. The minimum Gasteiger partial charge on any atom is -0.371 e. The van der Waals surface area contributed by atoms with Crippen LogP contribution in [-0.4, -0.2) is 28.1 Å². The van der Waals surface area contributed by atoms with Gasteiger partial charge in [-0.05, 0) is 59.1 Å². The van der Waals surface area contributed by atoms with Crippen molar-refractivity contribution in [1.82, 2.24) is 15.0 Å². The summed E-state index contributed by atoms with van der Waals surface area (Å²) in [4.78, 5) is 2.54. The highest BCUT2D eigenvalue weighted by molar-refractivity contribution is 5.49. The second-order valence-electron chi connectivity index (χ2n) is 8.79. The Hall–Kier alpha value is -2.62. The zero-order chi connectivity index (χ0) is 19.7. The molecule has 0 saturated carbocycles. The highest BCUT2D eigenvalue weighted by Crippen LogP contribution is 2.39. The Labute approximate surface area is 168 Å². The maximum Gasteiger partial charge on any atom is 0.0697 e. The highest BCUT2D eigenvalue weighted by atomic mass is 15.4. The van der Waals surface area contributed by atoms with Gasteiger partial charge < -0.3 is 4.90 Å². The summed E-state index contributed by atoms with van der Waals surface area (Å²) in [5, 5.41) is 7.97. The zero-order valence-electron chi connectivity index (χ0n) is 17.3. The maximum absolute atomic E-state index is 4.08. The van der Waals surface area contributed by atoms with Crippen LogP contribution in [0.3, 0.4) is 0 Å². The second-order valence-corrected chi connectivity index (χ2v) is 8.79. The smallest absolute Gasteiger partial charge is 0.0697 e. The quantitative estimate of drug-likeness (QED) is 0.616. The molecule has 4 heteroatoms. The maximum atomic E-state index is 4.08. The lowest BCUT2D eigenvalue weighted by Gasteiger charge is -2.33. The van der Waals surface area contributed by atoms with E-state index in [1.54, 1.807) is 10.9 Å². The van der Waals surface area contributed by atoms with E-state index in [9.17, 15) is 0 Å². The summed E-state index contributed by atoms with van der Waals surface area (Å²) in [5.74, 6) is 1.22. The normalized spacial score (nSPS) is 17.5. The third-order valence-electron chi connectivity index (χ3n) is 6.43. The van der Waals surface area contributed by atoms with Crippen LogP contribution in [0.25, 0.3) is 5.69 Å². The van der Waals surface area contributed by atoms with E-state index >= 15 is 0 Å². The van der Waals surface area contributed by atoms with E-state index in [1.165, 1.54) is 23.2 Å². The third kappa shape index (κ3) is 3.56. The predicted molar refractivity (Wildman–Crippen MR) is 115 cm³/mol.